The van der Waals surface area contributed by atoms with Gasteiger partial charge in [-0.3, -0.25) is 4.98 Å². The van der Waals surface area contributed by atoms with Crippen LogP contribution in [0.3, 0.4) is 0 Å². The maximum Gasteiger partial charge on any atom is 0.224 e. The van der Waals surface area contributed by atoms with Crippen molar-refractivity contribution in [1.82, 2.24) is 15.0 Å². The molecule has 3 rings (SSSR count). The van der Waals surface area contributed by atoms with Crippen LogP contribution in [0, 0.1) is 0 Å². The summed E-state index contributed by atoms with van der Waals surface area (Å²) in [4.78, 5) is 12.6. The van der Waals surface area contributed by atoms with E-state index < -0.39 is 0 Å². The highest BCUT2D eigenvalue weighted by Crippen LogP contribution is 2.31. The lowest BCUT2D eigenvalue weighted by molar-refractivity contribution is 1.05. The molecule has 0 saturated heterocycles. The van der Waals surface area contributed by atoms with Crippen molar-refractivity contribution in [2.45, 2.75) is 6.54 Å². The molecule has 2 heterocycles. The minimum absolute atomic E-state index is 0.457. The van der Waals surface area contributed by atoms with E-state index in [0.29, 0.717) is 34.0 Å². The van der Waals surface area contributed by atoms with E-state index >= 15 is 0 Å². The SMILES string of the molecule is Clc1cccc(Nc2ccnc(NCc3ccncc3)n2)c1Cl. The van der Waals surface area contributed by atoms with Crippen LogP contribution < -0.4 is 10.6 Å². The summed E-state index contributed by atoms with van der Waals surface area (Å²) >= 11 is 12.2. The molecule has 23 heavy (non-hydrogen) atoms. The van der Waals surface area contributed by atoms with E-state index in [-0.39, 0.29) is 0 Å². The fourth-order valence-electron chi connectivity index (χ4n) is 1.93. The van der Waals surface area contributed by atoms with Gasteiger partial charge in [0, 0.05) is 25.1 Å². The minimum Gasteiger partial charge on any atom is -0.350 e. The van der Waals surface area contributed by atoms with Crippen molar-refractivity contribution in [3.63, 3.8) is 0 Å². The second kappa shape index (κ2) is 7.26. The second-order valence-electron chi connectivity index (χ2n) is 4.70. The number of rotatable bonds is 5. The van der Waals surface area contributed by atoms with Crippen LogP contribution >= 0.6 is 23.2 Å². The second-order valence-corrected chi connectivity index (χ2v) is 5.49. The maximum atomic E-state index is 6.16. The van der Waals surface area contributed by atoms with Gasteiger partial charge >= 0.3 is 0 Å². The number of hydrogen-bond donors (Lipinski definition) is 2. The summed E-state index contributed by atoms with van der Waals surface area (Å²) < 4.78 is 0. The Balaban J connectivity index is 1.71. The smallest absolute Gasteiger partial charge is 0.224 e. The summed E-state index contributed by atoms with van der Waals surface area (Å²) in [5.74, 6) is 1.14. The molecule has 0 spiro atoms. The average molecular weight is 346 g/mol. The van der Waals surface area contributed by atoms with E-state index in [1.807, 2.05) is 24.3 Å². The number of benzene rings is 1. The molecule has 1 aromatic carbocycles. The van der Waals surface area contributed by atoms with Crippen molar-refractivity contribution in [3.05, 3.63) is 70.6 Å². The topological polar surface area (TPSA) is 62.7 Å². The Hall–Kier alpha value is -2.37. The van der Waals surface area contributed by atoms with Crippen LogP contribution in [-0.4, -0.2) is 15.0 Å². The molecule has 7 heteroatoms. The van der Waals surface area contributed by atoms with Crippen molar-refractivity contribution in [2.24, 2.45) is 0 Å². The molecule has 0 amide bonds. The number of hydrogen-bond acceptors (Lipinski definition) is 5. The normalized spacial score (nSPS) is 10.3. The zero-order valence-corrected chi connectivity index (χ0v) is 13.5. The van der Waals surface area contributed by atoms with Crippen molar-refractivity contribution < 1.29 is 0 Å². The zero-order chi connectivity index (χ0) is 16.1. The van der Waals surface area contributed by atoms with Gasteiger partial charge in [-0.1, -0.05) is 29.3 Å². The monoisotopic (exact) mass is 345 g/mol. The Morgan fingerprint density at radius 3 is 2.61 bits per heavy atom. The van der Waals surface area contributed by atoms with Crippen LogP contribution in [0.2, 0.25) is 10.0 Å². The van der Waals surface area contributed by atoms with Gasteiger partial charge in [0.05, 0.1) is 15.7 Å². The Morgan fingerprint density at radius 1 is 0.957 bits per heavy atom. The third-order valence-corrected chi connectivity index (χ3v) is 3.89. The van der Waals surface area contributed by atoms with Gasteiger partial charge in [0.15, 0.2) is 0 Å². The predicted molar refractivity (Wildman–Crippen MR) is 93.3 cm³/mol. The lowest BCUT2D eigenvalue weighted by Gasteiger charge is -2.10. The maximum absolute atomic E-state index is 6.16. The van der Waals surface area contributed by atoms with E-state index in [4.69, 9.17) is 23.2 Å². The third kappa shape index (κ3) is 4.09. The first-order valence-corrected chi connectivity index (χ1v) is 7.65. The van der Waals surface area contributed by atoms with E-state index in [2.05, 4.69) is 25.6 Å². The summed E-state index contributed by atoms with van der Waals surface area (Å²) in [7, 11) is 0. The predicted octanol–water partition coefficient (Wildman–Crippen LogP) is 4.53. The molecule has 0 aliphatic heterocycles. The highest BCUT2D eigenvalue weighted by molar-refractivity contribution is 6.43. The molecule has 0 fully saturated rings. The molecule has 0 saturated carbocycles. The standard InChI is InChI=1S/C16H13Cl2N5/c17-12-2-1-3-13(15(12)18)22-14-6-9-20-16(23-14)21-10-11-4-7-19-8-5-11/h1-9H,10H2,(H2,20,21,22,23). The quantitative estimate of drug-likeness (QED) is 0.710. The van der Waals surface area contributed by atoms with Crippen LogP contribution in [0.1, 0.15) is 5.56 Å². The van der Waals surface area contributed by atoms with Gasteiger partial charge < -0.3 is 10.6 Å². The first-order chi connectivity index (χ1) is 11.2. The van der Waals surface area contributed by atoms with Crippen molar-refractivity contribution in [1.29, 1.82) is 0 Å². The number of aromatic nitrogens is 3. The van der Waals surface area contributed by atoms with Crippen LogP contribution in [0.4, 0.5) is 17.5 Å². The average Bonchev–Trinajstić information content (AvgIpc) is 2.59. The van der Waals surface area contributed by atoms with Gasteiger partial charge in [-0.25, -0.2) is 4.98 Å². The van der Waals surface area contributed by atoms with Crippen LogP contribution in [0.25, 0.3) is 0 Å². The fraction of sp³-hybridized carbons (Fsp3) is 0.0625. The molecule has 0 bridgehead atoms. The highest BCUT2D eigenvalue weighted by Gasteiger charge is 2.06. The Kier molecular flexibility index (Phi) is 4.90. The first kappa shape index (κ1) is 15.5. The van der Waals surface area contributed by atoms with Gasteiger partial charge in [-0.2, -0.15) is 4.98 Å². The molecule has 2 N–H and O–H groups in total. The van der Waals surface area contributed by atoms with Crippen LogP contribution in [0.5, 0.6) is 0 Å². The van der Waals surface area contributed by atoms with E-state index in [1.165, 1.54) is 0 Å². The number of halogens is 2. The molecule has 3 aromatic rings. The van der Waals surface area contributed by atoms with Gasteiger partial charge in [0.25, 0.3) is 0 Å². The molecule has 2 aromatic heterocycles. The number of nitrogens with zero attached hydrogens (tertiary/aromatic N) is 3. The summed E-state index contributed by atoms with van der Waals surface area (Å²) in [6.07, 6.45) is 5.16. The number of nitrogens with one attached hydrogen (secondary N) is 2. The summed E-state index contributed by atoms with van der Waals surface area (Å²) in [5, 5.41) is 7.24. The summed E-state index contributed by atoms with van der Waals surface area (Å²) in [6, 6.07) is 11.0. The molecular weight excluding hydrogens is 333 g/mol. The molecule has 0 aliphatic carbocycles. The van der Waals surface area contributed by atoms with Gasteiger partial charge in [-0.05, 0) is 35.9 Å². The van der Waals surface area contributed by atoms with E-state index in [0.717, 1.165) is 5.56 Å². The Morgan fingerprint density at radius 2 is 1.78 bits per heavy atom. The Bertz CT molecular complexity index is 795. The third-order valence-electron chi connectivity index (χ3n) is 3.07. The van der Waals surface area contributed by atoms with Crippen LogP contribution in [0.15, 0.2) is 55.0 Å². The number of pyridine rings is 1. The van der Waals surface area contributed by atoms with E-state index in [1.54, 1.807) is 30.7 Å². The fourth-order valence-corrected chi connectivity index (χ4v) is 2.28. The summed E-state index contributed by atoms with van der Waals surface area (Å²) in [6.45, 7) is 0.615. The molecule has 116 valence electrons. The molecule has 0 unspecified atom stereocenters. The Labute approximate surface area is 143 Å². The zero-order valence-electron chi connectivity index (χ0n) is 12.0. The lowest BCUT2D eigenvalue weighted by Crippen LogP contribution is -2.05. The van der Waals surface area contributed by atoms with Gasteiger partial charge in [0.1, 0.15) is 5.82 Å². The highest BCUT2D eigenvalue weighted by atomic mass is 35.5. The first-order valence-electron chi connectivity index (χ1n) is 6.89. The van der Waals surface area contributed by atoms with Crippen LogP contribution in [-0.2, 0) is 6.54 Å². The lowest BCUT2D eigenvalue weighted by atomic mass is 10.3. The molecular formula is C16H13Cl2N5. The number of anilines is 3. The van der Waals surface area contributed by atoms with Crippen molar-refractivity contribution >= 4 is 40.7 Å². The molecule has 0 radical (unpaired) electrons. The largest absolute Gasteiger partial charge is 0.350 e. The van der Waals surface area contributed by atoms with Crippen molar-refractivity contribution in [2.75, 3.05) is 10.6 Å². The van der Waals surface area contributed by atoms with Gasteiger partial charge in [-0.15, -0.1) is 0 Å². The van der Waals surface area contributed by atoms with Gasteiger partial charge in [0.2, 0.25) is 5.95 Å². The van der Waals surface area contributed by atoms with E-state index in [9.17, 15) is 0 Å². The molecule has 0 atom stereocenters. The minimum atomic E-state index is 0.457. The molecule has 0 aliphatic rings. The molecule has 5 nitrogen and oxygen atoms in total. The van der Waals surface area contributed by atoms with Crippen molar-refractivity contribution in [3.8, 4) is 0 Å². The summed E-state index contributed by atoms with van der Waals surface area (Å²) in [5.41, 5.74) is 1.79.